The van der Waals surface area contributed by atoms with Crippen LogP contribution in [0, 0.1) is 13.8 Å². The molecule has 2 aromatic heterocycles. The summed E-state index contributed by atoms with van der Waals surface area (Å²) >= 11 is 0. The molecule has 0 spiro atoms. The molecule has 0 atom stereocenters. The summed E-state index contributed by atoms with van der Waals surface area (Å²) in [7, 11) is 0. The number of amides is 1. The van der Waals surface area contributed by atoms with Crippen LogP contribution >= 0.6 is 0 Å². The van der Waals surface area contributed by atoms with Crippen LogP contribution in [-0.4, -0.2) is 15.3 Å². The summed E-state index contributed by atoms with van der Waals surface area (Å²) in [6.07, 6.45) is 3.63. The second kappa shape index (κ2) is 4.81. The van der Waals surface area contributed by atoms with E-state index in [2.05, 4.69) is 10.3 Å². The molecule has 3 rings (SSSR count). The van der Waals surface area contributed by atoms with E-state index in [1.807, 2.05) is 60.8 Å². The monoisotopic (exact) mass is 265 g/mol. The van der Waals surface area contributed by atoms with Gasteiger partial charge in [-0.2, -0.15) is 0 Å². The molecule has 0 aliphatic carbocycles. The summed E-state index contributed by atoms with van der Waals surface area (Å²) in [5.74, 6) is -0.0920. The predicted octanol–water partition coefficient (Wildman–Crippen LogP) is 3.20. The average molecular weight is 265 g/mol. The van der Waals surface area contributed by atoms with Crippen molar-refractivity contribution in [2.24, 2.45) is 0 Å². The van der Waals surface area contributed by atoms with Gasteiger partial charge in [-0.05, 0) is 37.6 Å². The number of hydrogen-bond donors (Lipinski definition) is 1. The number of benzene rings is 1. The number of carbonyl (C=O) groups is 1. The molecule has 0 aliphatic rings. The Morgan fingerprint density at radius 2 is 1.95 bits per heavy atom. The third-order valence-electron chi connectivity index (χ3n) is 3.46. The molecule has 0 fully saturated rings. The minimum absolute atomic E-state index is 0.0920. The number of nitrogens with one attached hydrogen (secondary N) is 1. The van der Waals surface area contributed by atoms with Gasteiger partial charge in [0.05, 0.1) is 5.69 Å². The number of aromatic nitrogens is 2. The highest BCUT2D eigenvalue weighted by Gasteiger charge is 2.11. The van der Waals surface area contributed by atoms with Gasteiger partial charge in [0.25, 0.3) is 5.91 Å². The van der Waals surface area contributed by atoms with E-state index in [-0.39, 0.29) is 5.91 Å². The van der Waals surface area contributed by atoms with Gasteiger partial charge in [-0.15, -0.1) is 0 Å². The summed E-state index contributed by atoms with van der Waals surface area (Å²) in [5.41, 5.74) is 4.28. The van der Waals surface area contributed by atoms with Crippen LogP contribution in [0.25, 0.3) is 5.65 Å². The summed E-state index contributed by atoms with van der Waals surface area (Å²) in [6, 6.07) is 11.3. The fourth-order valence-corrected chi connectivity index (χ4v) is 2.28. The first-order valence-corrected chi connectivity index (χ1v) is 6.46. The maximum Gasteiger partial charge on any atom is 0.255 e. The van der Waals surface area contributed by atoms with Crippen molar-refractivity contribution in [3.8, 4) is 0 Å². The van der Waals surface area contributed by atoms with Crippen molar-refractivity contribution in [3.05, 3.63) is 65.6 Å². The summed E-state index contributed by atoms with van der Waals surface area (Å²) in [4.78, 5) is 16.5. The second-order valence-corrected chi connectivity index (χ2v) is 4.76. The van der Waals surface area contributed by atoms with Gasteiger partial charge in [0.2, 0.25) is 0 Å². The van der Waals surface area contributed by atoms with Gasteiger partial charge in [0.15, 0.2) is 0 Å². The molecule has 0 saturated carbocycles. The number of rotatable bonds is 2. The van der Waals surface area contributed by atoms with Crippen molar-refractivity contribution >= 4 is 17.2 Å². The number of hydrogen-bond acceptors (Lipinski definition) is 2. The number of carbonyl (C=O) groups excluding carboxylic acids is 1. The van der Waals surface area contributed by atoms with Gasteiger partial charge in [0.1, 0.15) is 5.65 Å². The highest BCUT2D eigenvalue weighted by atomic mass is 16.1. The molecule has 0 radical (unpaired) electrons. The minimum atomic E-state index is -0.0920. The molecule has 2 heterocycles. The summed E-state index contributed by atoms with van der Waals surface area (Å²) in [6.45, 7) is 3.89. The smallest absolute Gasteiger partial charge is 0.255 e. The molecule has 0 aliphatic heterocycles. The van der Waals surface area contributed by atoms with Crippen LogP contribution in [0.1, 0.15) is 21.6 Å². The van der Waals surface area contributed by atoms with Crippen LogP contribution in [0.4, 0.5) is 5.69 Å². The van der Waals surface area contributed by atoms with Crippen molar-refractivity contribution in [1.29, 1.82) is 0 Å². The Kier molecular flexibility index (Phi) is 2.99. The van der Waals surface area contributed by atoms with Crippen LogP contribution in [-0.2, 0) is 0 Å². The Hall–Kier alpha value is -2.62. The van der Waals surface area contributed by atoms with Crippen LogP contribution in [0.2, 0.25) is 0 Å². The van der Waals surface area contributed by atoms with Crippen molar-refractivity contribution in [1.82, 2.24) is 9.38 Å². The number of fused-ring (bicyclic) bond motifs is 1. The largest absolute Gasteiger partial charge is 0.320 e. The first-order valence-electron chi connectivity index (χ1n) is 6.46. The Labute approximate surface area is 117 Å². The van der Waals surface area contributed by atoms with E-state index in [4.69, 9.17) is 0 Å². The molecule has 1 aromatic carbocycles. The van der Waals surface area contributed by atoms with Crippen LogP contribution in [0.5, 0.6) is 0 Å². The lowest BCUT2D eigenvalue weighted by atomic mass is 10.1. The number of aryl methyl sites for hydroxylation is 2. The second-order valence-electron chi connectivity index (χ2n) is 4.76. The van der Waals surface area contributed by atoms with Crippen molar-refractivity contribution in [2.75, 3.05) is 5.32 Å². The van der Waals surface area contributed by atoms with Gasteiger partial charge in [-0.3, -0.25) is 4.79 Å². The maximum atomic E-state index is 12.3. The first-order chi connectivity index (χ1) is 9.66. The molecule has 4 heteroatoms. The van der Waals surface area contributed by atoms with Gasteiger partial charge in [0, 0.05) is 23.7 Å². The van der Waals surface area contributed by atoms with E-state index in [0.29, 0.717) is 5.56 Å². The van der Waals surface area contributed by atoms with Gasteiger partial charge < -0.3 is 9.72 Å². The first kappa shape index (κ1) is 12.4. The van der Waals surface area contributed by atoms with E-state index >= 15 is 0 Å². The highest BCUT2D eigenvalue weighted by Crippen LogP contribution is 2.18. The standard InChI is InChI=1S/C16H15N3O/c1-11-5-3-4-6-13(11)16(20)18-14-7-8-15-17-9-10-19(15)12(14)2/h3-10H,1-2H3,(H,18,20). The van der Waals surface area contributed by atoms with E-state index in [9.17, 15) is 4.79 Å². The van der Waals surface area contributed by atoms with E-state index < -0.39 is 0 Å². The fourth-order valence-electron chi connectivity index (χ4n) is 2.28. The molecule has 100 valence electrons. The molecule has 0 bridgehead atoms. The van der Waals surface area contributed by atoms with Gasteiger partial charge in [-0.1, -0.05) is 18.2 Å². The molecular weight excluding hydrogens is 250 g/mol. The number of pyridine rings is 1. The van der Waals surface area contributed by atoms with Gasteiger partial charge in [-0.25, -0.2) is 4.98 Å². The topological polar surface area (TPSA) is 46.4 Å². The molecule has 20 heavy (non-hydrogen) atoms. The Balaban J connectivity index is 1.95. The summed E-state index contributed by atoms with van der Waals surface area (Å²) in [5, 5.41) is 2.96. The minimum Gasteiger partial charge on any atom is -0.320 e. The highest BCUT2D eigenvalue weighted by molar-refractivity contribution is 6.05. The van der Waals surface area contributed by atoms with Crippen molar-refractivity contribution in [3.63, 3.8) is 0 Å². The molecule has 3 aromatic rings. The molecular formula is C16H15N3O. The fraction of sp³-hybridized carbons (Fsp3) is 0.125. The summed E-state index contributed by atoms with van der Waals surface area (Å²) < 4.78 is 1.95. The number of nitrogens with zero attached hydrogens (tertiary/aromatic N) is 2. The van der Waals surface area contributed by atoms with E-state index in [1.165, 1.54) is 0 Å². The lowest BCUT2D eigenvalue weighted by Crippen LogP contribution is -2.14. The number of imidazole rings is 1. The van der Waals surface area contributed by atoms with Crippen molar-refractivity contribution < 1.29 is 4.79 Å². The third kappa shape index (κ3) is 2.05. The average Bonchev–Trinajstić information content (AvgIpc) is 2.91. The lowest BCUT2D eigenvalue weighted by molar-refractivity contribution is 0.102. The Morgan fingerprint density at radius 1 is 1.15 bits per heavy atom. The van der Waals surface area contributed by atoms with Crippen LogP contribution in [0.3, 0.4) is 0 Å². The molecule has 0 saturated heterocycles. The maximum absolute atomic E-state index is 12.3. The van der Waals surface area contributed by atoms with Crippen LogP contribution < -0.4 is 5.32 Å². The van der Waals surface area contributed by atoms with Gasteiger partial charge >= 0.3 is 0 Å². The predicted molar refractivity (Wildman–Crippen MR) is 79.1 cm³/mol. The third-order valence-corrected chi connectivity index (χ3v) is 3.46. The number of anilines is 1. The quantitative estimate of drug-likeness (QED) is 0.773. The lowest BCUT2D eigenvalue weighted by Gasteiger charge is -2.11. The zero-order valence-electron chi connectivity index (χ0n) is 11.4. The Morgan fingerprint density at radius 3 is 2.75 bits per heavy atom. The van der Waals surface area contributed by atoms with E-state index in [0.717, 1.165) is 22.6 Å². The van der Waals surface area contributed by atoms with Crippen molar-refractivity contribution in [2.45, 2.75) is 13.8 Å². The van der Waals surface area contributed by atoms with Crippen LogP contribution in [0.15, 0.2) is 48.8 Å². The zero-order valence-corrected chi connectivity index (χ0v) is 11.4. The Bertz CT molecular complexity index is 789. The molecule has 1 N–H and O–H groups in total. The van der Waals surface area contributed by atoms with E-state index in [1.54, 1.807) is 6.20 Å². The molecule has 0 unspecified atom stereocenters. The SMILES string of the molecule is Cc1ccccc1C(=O)Nc1ccc2nccn2c1C. The molecule has 4 nitrogen and oxygen atoms in total. The normalized spacial score (nSPS) is 10.7. The zero-order chi connectivity index (χ0) is 14.1. The molecule has 1 amide bonds.